The largest absolute Gasteiger partial charge is 0.374 e. The molecule has 2 nitrogen and oxygen atoms in total. The van der Waals surface area contributed by atoms with Crippen LogP contribution in [0.4, 0.5) is 0 Å². The van der Waals surface area contributed by atoms with Gasteiger partial charge in [-0.3, -0.25) is 0 Å². The van der Waals surface area contributed by atoms with E-state index in [9.17, 15) is 0 Å². The van der Waals surface area contributed by atoms with Crippen LogP contribution in [0.1, 0.15) is 60.3 Å². The van der Waals surface area contributed by atoms with Gasteiger partial charge >= 0.3 is 0 Å². The minimum absolute atomic E-state index is 0.143. The first-order valence-corrected chi connectivity index (χ1v) is 7.32. The minimum atomic E-state index is -0.143. The fraction of sp³-hybridized carbons (Fsp3) is 1.00. The topological polar surface area (TPSA) is 35.2 Å². The predicted molar refractivity (Wildman–Crippen MR) is 74.0 cm³/mol. The van der Waals surface area contributed by atoms with E-state index in [-0.39, 0.29) is 11.6 Å². The molecule has 17 heavy (non-hydrogen) atoms. The lowest BCUT2D eigenvalue weighted by atomic mass is 9.70. The standard InChI is InChI=1S/C15H31NO/c1-6-15(5,17-7-2)14(16)13-9-11(3)8-12(4)10-13/h11-14H,6-10,16H2,1-5H3. The number of hydrogen-bond acceptors (Lipinski definition) is 2. The Hall–Kier alpha value is -0.0800. The van der Waals surface area contributed by atoms with E-state index in [1.165, 1.54) is 19.3 Å². The summed E-state index contributed by atoms with van der Waals surface area (Å²) in [6, 6.07) is 0.178. The lowest BCUT2D eigenvalue weighted by Crippen LogP contribution is -2.53. The molecule has 1 aliphatic carbocycles. The molecule has 1 aliphatic rings. The molecule has 0 radical (unpaired) electrons. The monoisotopic (exact) mass is 241 g/mol. The van der Waals surface area contributed by atoms with E-state index in [4.69, 9.17) is 10.5 Å². The third-order valence-electron chi connectivity index (χ3n) is 4.60. The van der Waals surface area contributed by atoms with Crippen molar-refractivity contribution in [2.45, 2.75) is 71.9 Å². The maximum atomic E-state index is 6.52. The first-order chi connectivity index (χ1) is 7.92. The zero-order chi connectivity index (χ0) is 13.1. The van der Waals surface area contributed by atoms with Gasteiger partial charge in [0.25, 0.3) is 0 Å². The van der Waals surface area contributed by atoms with Crippen molar-refractivity contribution in [1.29, 1.82) is 0 Å². The molecule has 2 N–H and O–H groups in total. The summed E-state index contributed by atoms with van der Waals surface area (Å²) in [7, 11) is 0. The maximum absolute atomic E-state index is 6.52. The van der Waals surface area contributed by atoms with Crippen LogP contribution in [-0.4, -0.2) is 18.2 Å². The Morgan fingerprint density at radius 3 is 2.12 bits per heavy atom. The van der Waals surface area contributed by atoms with Crippen molar-refractivity contribution in [2.24, 2.45) is 23.5 Å². The molecule has 0 aromatic heterocycles. The minimum Gasteiger partial charge on any atom is -0.374 e. The van der Waals surface area contributed by atoms with Gasteiger partial charge in [0.1, 0.15) is 0 Å². The van der Waals surface area contributed by atoms with E-state index in [0.717, 1.165) is 24.9 Å². The van der Waals surface area contributed by atoms with Gasteiger partial charge in [-0.25, -0.2) is 0 Å². The van der Waals surface area contributed by atoms with Crippen LogP contribution in [0.5, 0.6) is 0 Å². The van der Waals surface area contributed by atoms with Crippen molar-refractivity contribution in [2.75, 3.05) is 6.61 Å². The van der Waals surface area contributed by atoms with Crippen LogP contribution in [0.3, 0.4) is 0 Å². The third-order valence-corrected chi connectivity index (χ3v) is 4.60. The molecule has 0 saturated heterocycles. The van der Waals surface area contributed by atoms with Gasteiger partial charge < -0.3 is 10.5 Å². The van der Waals surface area contributed by atoms with E-state index in [1.807, 2.05) is 0 Å². The Labute approximate surface area is 107 Å². The summed E-state index contributed by atoms with van der Waals surface area (Å²) in [4.78, 5) is 0. The van der Waals surface area contributed by atoms with Gasteiger partial charge in [0.2, 0.25) is 0 Å². The van der Waals surface area contributed by atoms with Crippen LogP contribution in [0.2, 0.25) is 0 Å². The maximum Gasteiger partial charge on any atom is 0.0804 e. The van der Waals surface area contributed by atoms with Gasteiger partial charge in [-0.05, 0) is 57.3 Å². The molecule has 102 valence electrons. The van der Waals surface area contributed by atoms with Gasteiger partial charge in [0, 0.05) is 12.6 Å². The first-order valence-electron chi connectivity index (χ1n) is 7.32. The zero-order valence-electron chi connectivity index (χ0n) is 12.3. The molecule has 2 heteroatoms. The van der Waals surface area contributed by atoms with Gasteiger partial charge in [-0.1, -0.05) is 20.8 Å². The Bertz CT molecular complexity index is 221. The Morgan fingerprint density at radius 1 is 1.18 bits per heavy atom. The normalized spacial score (nSPS) is 35.3. The van der Waals surface area contributed by atoms with Crippen molar-refractivity contribution in [3.8, 4) is 0 Å². The van der Waals surface area contributed by atoms with E-state index in [1.54, 1.807) is 0 Å². The van der Waals surface area contributed by atoms with Gasteiger partial charge in [-0.2, -0.15) is 0 Å². The van der Waals surface area contributed by atoms with Gasteiger partial charge in [0.15, 0.2) is 0 Å². The molecule has 1 fully saturated rings. The summed E-state index contributed by atoms with van der Waals surface area (Å²) in [5.41, 5.74) is 6.38. The number of nitrogens with two attached hydrogens (primary N) is 1. The highest BCUT2D eigenvalue weighted by molar-refractivity contribution is 4.93. The summed E-state index contributed by atoms with van der Waals surface area (Å²) in [5.74, 6) is 2.26. The molecule has 0 aromatic rings. The highest BCUT2D eigenvalue weighted by atomic mass is 16.5. The van der Waals surface area contributed by atoms with Crippen molar-refractivity contribution in [3.63, 3.8) is 0 Å². The third kappa shape index (κ3) is 3.69. The molecule has 1 rings (SSSR count). The number of rotatable bonds is 5. The molecule has 0 spiro atoms. The number of hydrogen-bond donors (Lipinski definition) is 1. The average Bonchev–Trinajstić information content (AvgIpc) is 2.27. The summed E-state index contributed by atoms with van der Waals surface area (Å²) in [5, 5.41) is 0. The van der Waals surface area contributed by atoms with Crippen LogP contribution in [0, 0.1) is 17.8 Å². The van der Waals surface area contributed by atoms with Gasteiger partial charge in [-0.15, -0.1) is 0 Å². The molecule has 4 atom stereocenters. The van der Waals surface area contributed by atoms with Crippen LogP contribution in [0.25, 0.3) is 0 Å². The molecule has 4 unspecified atom stereocenters. The molecule has 0 amide bonds. The van der Waals surface area contributed by atoms with Crippen molar-refractivity contribution in [1.82, 2.24) is 0 Å². The molecule has 0 aromatic carbocycles. The summed E-state index contributed by atoms with van der Waals surface area (Å²) in [6.45, 7) is 11.9. The quantitative estimate of drug-likeness (QED) is 0.798. The van der Waals surface area contributed by atoms with Crippen molar-refractivity contribution >= 4 is 0 Å². The van der Waals surface area contributed by atoms with E-state index >= 15 is 0 Å². The lowest BCUT2D eigenvalue weighted by Gasteiger charge is -2.43. The van der Waals surface area contributed by atoms with E-state index in [0.29, 0.717) is 5.92 Å². The van der Waals surface area contributed by atoms with E-state index < -0.39 is 0 Å². The smallest absolute Gasteiger partial charge is 0.0804 e. The second kappa shape index (κ2) is 6.19. The number of ether oxygens (including phenoxy) is 1. The summed E-state index contributed by atoms with van der Waals surface area (Å²) >= 11 is 0. The van der Waals surface area contributed by atoms with Crippen LogP contribution in [-0.2, 0) is 4.74 Å². The zero-order valence-corrected chi connectivity index (χ0v) is 12.3. The van der Waals surface area contributed by atoms with Crippen LogP contribution in [0.15, 0.2) is 0 Å². The lowest BCUT2D eigenvalue weighted by molar-refractivity contribution is -0.0667. The highest BCUT2D eigenvalue weighted by Crippen LogP contribution is 2.38. The van der Waals surface area contributed by atoms with E-state index in [2.05, 4.69) is 34.6 Å². The Morgan fingerprint density at radius 2 is 1.71 bits per heavy atom. The van der Waals surface area contributed by atoms with Gasteiger partial charge in [0.05, 0.1) is 5.60 Å². The molecule has 0 bridgehead atoms. The predicted octanol–water partition coefficient (Wildman–Crippen LogP) is 3.59. The average molecular weight is 241 g/mol. The Balaban J connectivity index is 2.69. The molecular weight excluding hydrogens is 210 g/mol. The summed E-state index contributed by atoms with van der Waals surface area (Å²) in [6.07, 6.45) is 4.91. The SMILES string of the molecule is CCOC(C)(CC)C(N)C1CC(C)CC(C)C1. The fourth-order valence-corrected chi connectivity index (χ4v) is 3.56. The molecule has 1 saturated carbocycles. The molecule has 0 heterocycles. The second-order valence-corrected chi connectivity index (χ2v) is 6.30. The van der Waals surface area contributed by atoms with Crippen LogP contribution < -0.4 is 5.73 Å². The van der Waals surface area contributed by atoms with Crippen molar-refractivity contribution in [3.05, 3.63) is 0 Å². The van der Waals surface area contributed by atoms with Crippen molar-refractivity contribution < 1.29 is 4.74 Å². The fourth-order valence-electron chi connectivity index (χ4n) is 3.56. The summed E-state index contributed by atoms with van der Waals surface area (Å²) < 4.78 is 5.94. The molecule has 0 aliphatic heterocycles. The highest BCUT2D eigenvalue weighted by Gasteiger charge is 2.38. The second-order valence-electron chi connectivity index (χ2n) is 6.30. The van der Waals surface area contributed by atoms with Crippen LogP contribution >= 0.6 is 0 Å². The first kappa shape index (κ1) is 15.0. The molecular formula is C15H31NO. The Kier molecular flexibility index (Phi) is 5.46.